The number of carbonyl (C=O) groups is 2. The number of aromatic hydroxyl groups is 1. The fourth-order valence-corrected chi connectivity index (χ4v) is 3.35. The molecule has 3 N–H and O–H groups in total. The SMILES string of the molecule is Cc1c(CC(=O)NCCO)c2c(F)c(O)ccc2n1C(=O)c1ccc(OC(F)(F)F)cc1. The molecule has 0 radical (unpaired) electrons. The molecular weight excluding hydrogens is 436 g/mol. The number of rotatable bonds is 6. The first-order valence-electron chi connectivity index (χ1n) is 9.33. The lowest BCUT2D eigenvalue weighted by molar-refractivity contribution is -0.274. The molecule has 0 fully saturated rings. The summed E-state index contributed by atoms with van der Waals surface area (Å²) in [6.07, 6.45) is -5.22. The van der Waals surface area contributed by atoms with Crippen LogP contribution in [0.4, 0.5) is 17.6 Å². The zero-order valence-electron chi connectivity index (χ0n) is 16.7. The number of fused-ring (bicyclic) bond motifs is 1. The molecule has 3 rings (SSSR count). The van der Waals surface area contributed by atoms with E-state index in [-0.39, 0.29) is 47.3 Å². The van der Waals surface area contributed by atoms with Gasteiger partial charge in [-0.3, -0.25) is 14.2 Å². The normalized spacial score (nSPS) is 11.6. The number of aliphatic hydroxyl groups excluding tert-OH is 1. The van der Waals surface area contributed by atoms with Gasteiger partial charge in [-0.15, -0.1) is 13.2 Å². The smallest absolute Gasteiger partial charge is 0.505 e. The Kier molecular flexibility index (Phi) is 6.40. The number of ether oxygens (including phenoxy) is 1. The summed E-state index contributed by atoms with van der Waals surface area (Å²) in [5.41, 5.74) is 0.422. The molecular formula is C21H18F4N2O5. The Balaban J connectivity index is 2.06. The zero-order valence-corrected chi connectivity index (χ0v) is 16.7. The number of hydrogen-bond donors (Lipinski definition) is 3. The molecule has 0 bridgehead atoms. The van der Waals surface area contributed by atoms with Gasteiger partial charge in [-0.1, -0.05) is 0 Å². The van der Waals surface area contributed by atoms with Gasteiger partial charge in [0.25, 0.3) is 5.91 Å². The maximum atomic E-state index is 14.8. The number of nitrogens with zero attached hydrogens (tertiary/aromatic N) is 1. The molecule has 0 saturated carbocycles. The van der Waals surface area contributed by atoms with Crippen LogP contribution < -0.4 is 10.1 Å². The summed E-state index contributed by atoms with van der Waals surface area (Å²) in [6.45, 7) is 1.16. The summed E-state index contributed by atoms with van der Waals surface area (Å²) >= 11 is 0. The number of alkyl halides is 3. The molecule has 11 heteroatoms. The highest BCUT2D eigenvalue weighted by atomic mass is 19.4. The molecule has 170 valence electrons. The summed E-state index contributed by atoms with van der Waals surface area (Å²) < 4.78 is 56.7. The minimum Gasteiger partial charge on any atom is -0.505 e. The summed E-state index contributed by atoms with van der Waals surface area (Å²) in [6, 6.07) is 6.54. The molecule has 0 spiro atoms. The Morgan fingerprint density at radius 2 is 1.78 bits per heavy atom. The maximum absolute atomic E-state index is 14.8. The van der Waals surface area contributed by atoms with Gasteiger partial charge in [-0.25, -0.2) is 4.39 Å². The number of hydrogen-bond acceptors (Lipinski definition) is 5. The molecule has 0 unspecified atom stereocenters. The summed E-state index contributed by atoms with van der Waals surface area (Å²) in [5, 5.41) is 20.9. The van der Waals surface area contributed by atoms with Gasteiger partial charge in [0.05, 0.1) is 18.5 Å². The molecule has 2 aromatic carbocycles. The standard InChI is InChI=1S/C21H18F4N2O5/c1-11-14(10-17(30)26-8-9-28)18-15(6-7-16(29)19(18)22)27(11)20(31)12-2-4-13(5-3-12)32-21(23,24)25/h2-7,28-29H,8-10H2,1H3,(H,26,30). The second-order valence-electron chi connectivity index (χ2n) is 6.82. The second kappa shape index (κ2) is 8.87. The van der Waals surface area contributed by atoms with Crippen molar-refractivity contribution in [2.45, 2.75) is 19.7 Å². The Labute approximate surface area is 178 Å². The monoisotopic (exact) mass is 454 g/mol. The molecule has 0 aliphatic carbocycles. The van der Waals surface area contributed by atoms with Crippen LogP contribution in [0.25, 0.3) is 10.9 Å². The average molecular weight is 454 g/mol. The third kappa shape index (κ3) is 4.67. The fraction of sp³-hybridized carbons (Fsp3) is 0.238. The first kappa shape index (κ1) is 23.1. The van der Waals surface area contributed by atoms with Crippen molar-refractivity contribution in [3.63, 3.8) is 0 Å². The van der Waals surface area contributed by atoms with E-state index in [1.807, 2.05) is 0 Å². The van der Waals surface area contributed by atoms with Crippen molar-refractivity contribution in [2.75, 3.05) is 13.2 Å². The van der Waals surface area contributed by atoms with Crippen molar-refractivity contribution in [2.24, 2.45) is 0 Å². The van der Waals surface area contributed by atoms with Gasteiger partial charge in [-0.05, 0) is 48.9 Å². The van der Waals surface area contributed by atoms with Crippen molar-refractivity contribution in [3.05, 3.63) is 59.0 Å². The highest BCUT2D eigenvalue weighted by Gasteiger charge is 2.31. The van der Waals surface area contributed by atoms with Crippen LogP contribution in [-0.4, -0.2) is 46.1 Å². The highest BCUT2D eigenvalue weighted by molar-refractivity contribution is 6.05. The van der Waals surface area contributed by atoms with Crippen molar-refractivity contribution in [1.82, 2.24) is 9.88 Å². The van der Waals surface area contributed by atoms with Crippen LogP contribution in [0.5, 0.6) is 11.5 Å². The molecule has 0 aliphatic heterocycles. The molecule has 1 aromatic heterocycles. The van der Waals surface area contributed by atoms with E-state index in [9.17, 15) is 32.3 Å². The molecule has 3 aromatic rings. The van der Waals surface area contributed by atoms with E-state index >= 15 is 0 Å². The van der Waals surface area contributed by atoms with Crippen molar-refractivity contribution >= 4 is 22.7 Å². The third-order valence-electron chi connectivity index (χ3n) is 4.72. The predicted molar refractivity (Wildman–Crippen MR) is 105 cm³/mol. The Bertz CT molecular complexity index is 1170. The van der Waals surface area contributed by atoms with Crippen LogP contribution >= 0.6 is 0 Å². The lowest BCUT2D eigenvalue weighted by Gasteiger charge is -2.10. The minimum atomic E-state index is -4.89. The molecule has 32 heavy (non-hydrogen) atoms. The average Bonchev–Trinajstić information content (AvgIpc) is 3.00. The van der Waals surface area contributed by atoms with E-state index in [1.165, 1.54) is 13.0 Å². The van der Waals surface area contributed by atoms with Gasteiger partial charge in [0.1, 0.15) is 5.75 Å². The first-order valence-corrected chi connectivity index (χ1v) is 9.33. The van der Waals surface area contributed by atoms with E-state index in [1.54, 1.807) is 0 Å². The number of benzene rings is 2. The number of halogens is 4. The fourth-order valence-electron chi connectivity index (χ4n) is 3.35. The molecule has 7 nitrogen and oxygen atoms in total. The van der Waals surface area contributed by atoms with Gasteiger partial charge < -0.3 is 20.3 Å². The number of aromatic nitrogens is 1. The van der Waals surface area contributed by atoms with Gasteiger partial charge in [0.15, 0.2) is 11.6 Å². The van der Waals surface area contributed by atoms with Crippen molar-refractivity contribution in [1.29, 1.82) is 0 Å². The van der Waals surface area contributed by atoms with Gasteiger partial charge in [0.2, 0.25) is 5.91 Å². The van der Waals surface area contributed by atoms with Crippen LogP contribution in [0.15, 0.2) is 36.4 Å². The second-order valence-corrected chi connectivity index (χ2v) is 6.82. The van der Waals surface area contributed by atoms with Crippen molar-refractivity contribution in [3.8, 4) is 11.5 Å². The zero-order chi connectivity index (χ0) is 23.6. The lowest BCUT2D eigenvalue weighted by Crippen LogP contribution is -2.28. The number of phenols is 1. The minimum absolute atomic E-state index is 0.00992. The molecule has 1 heterocycles. The van der Waals surface area contributed by atoms with E-state index in [2.05, 4.69) is 10.1 Å². The van der Waals surface area contributed by atoms with Gasteiger partial charge >= 0.3 is 6.36 Å². The van der Waals surface area contributed by atoms with Crippen LogP contribution in [0.2, 0.25) is 0 Å². The van der Waals surface area contributed by atoms with E-state index < -0.39 is 35.5 Å². The maximum Gasteiger partial charge on any atom is 0.573 e. The summed E-state index contributed by atoms with van der Waals surface area (Å²) in [7, 11) is 0. The largest absolute Gasteiger partial charge is 0.573 e. The van der Waals surface area contributed by atoms with E-state index in [0.717, 1.165) is 34.9 Å². The van der Waals surface area contributed by atoms with Crippen LogP contribution in [-0.2, 0) is 11.2 Å². The van der Waals surface area contributed by atoms with E-state index in [4.69, 9.17) is 5.11 Å². The molecule has 1 amide bonds. The third-order valence-corrected chi connectivity index (χ3v) is 4.72. The number of nitrogens with one attached hydrogen (secondary N) is 1. The summed E-state index contributed by atoms with van der Waals surface area (Å²) in [4.78, 5) is 25.3. The predicted octanol–water partition coefficient (Wildman–Crippen LogP) is 3.03. The van der Waals surface area contributed by atoms with Gasteiger partial charge in [0, 0.05) is 23.2 Å². The quantitative estimate of drug-likeness (QED) is 0.497. The highest BCUT2D eigenvalue weighted by Crippen LogP contribution is 2.34. The van der Waals surface area contributed by atoms with Crippen LogP contribution in [0.3, 0.4) is 0 Å². The van der Waals surface area contributed by atoms with Gasteiger partial charge in [-0.2, -0.15) is 0 Å². The van der Waals surface area contributed by atoms with E-state index in [0.29, 0.717) is 0 Å². The number of phenolic OH excluding ortho intramolecular Hbond substituents is 1. The molecule has 0 atom stereocenters. The molecule has 0 aliphatic rings. The Morgan fingerprint density at radius 3 is 2.38 bits per heavy atom. The summed E-state index contributed by atoms with van der Waals surface area (Å²) in [5.74, 6) is -3.42. The Morgan fingerprint density at radius 1 is 1.12 bits per heavy atom. The van der Waals surface area contributed by atoms with Crippen LogP contribution in [0.1, 0.15) is 21.6 Å². The topological polar surface area (TPSA) is 101 Å². The number of carbonyl (C=O) groups excluding carboxylic acids is 2. The number of aliphatic hydroxyl groups is 1. The Hall–Kier alpha value is -3.60. The first-order chi connectivity index (χ1) is 15.0. The van der Waals surface area contributed by atoms with Crippen LogP contribution in [0, 0.1) is 12.7 Å². The molecule has 0 saturated heterocycles. The van der Waals surface area contributed by atoms with Crippen molar-refractivity contribution < 1.29 is 42.1 Å². The number of amides is 1. The lowest BCUT2D eigenvalue weighted by atomic mass is 10.1.